The van der Waals surface area contributed by atoms with Crippen LogP contribution in [0.1, 0.15) is 38.7 Å². The molecule has 0 amide bonds. The minimum Gasteiger partial charge on any atom is -0.490 e. The third kappa shape index (κ3) is 6.60. The highest BCUT2D eigenvalue weighted by Crippen LogP contribution is 2.29. The number of aryl methyl sites for hydroxylation is 1. The van der Waals surface area contributed by atoms with Gasteiger partial charge in [-0.25, -0.2) is 0 Å². The van der Waals surface area contributed by atoms with Crippen molar-refractivity contribution in [1.82, 2.24) is 0 Å². The highest BCUT2D eigenvalue weighted by Gasteiger charge is 2.10. The van der Waals surface area contributed by atoms with Crippen molar-refractivity contribution in [2.24, 2.45) is 0 Å². The van der Waals surface area contributed by atoms with Gasteiger partial charge in [0.05, 0.1) is 13.2 Å². The van der Waals surface area contributed by atoms with Crippen LogP contribution >= 0.6 is 11.6 Å². The summed E-state index contributed by atoms with van der Waals surface area (Å²) in [7, 11) is 0. The van der Waals surface area contributed by atoms with Gasteiger partial charge in [-0.3, -0.25) is 4.79 Å². The summed E-state index contributed by atoms with van der Waals surface area (Å²) in [6.07, 6.45) is 2.92. The SMILES string of the molecule is CCCCOc1ccc(CCC(=O)Oc2cccc(Cl)c2)cc1OCC. The molecule has 0 aromatic heterocycles. The Kier molecular flexibility index (Phi) is 8.29. The van der Waals surface area contributed by atoms with Gasteiger partial charge in [0.2, 0.25) is 0 Å². The molecule has 0 bridgehead atoms. The van der Waals surface area contributed by atoms with Crippen LogP contribution in [0.25, 0.3) is 0 Å². The van der Waals surface area contributed by atoms with Gasteiger partial charge in [0.15, 0.2) is 11.5 Å². The topological polar surface area (TPSA) is 44.8 Å². The molecule has 0 spiro atoms. The second-order valence-corrected chi connectivity index (χ2v) is 6.28. The van der Waals surface area contributed by atoms with E-state index in [1.165, 1.54) is 0 Å². The van der Waals surface area contributed by atoms with Gasteiger partial charge in [0, 0.05) is 11.4 Å². The molecule has 26 heavy (non-hydrogen) atoms. The monoisotopic (exact) mass is 376 g/mol. The Bertz CT molecular complexity index is 715. The average Bonchev–Trinajstić information content (AvgIpc) is 2.62. The first kappa shape index (κ1) is 20.1. The van der Waals surface area contributed by atoms with E-state index in [0.29, 0.717) is 36.2 Å². The number of halogens is 1. The molecular formula is C21H25ClO4. The molecule has 0 fully saturated rings. The van der Waals surface area contributed by atoms with Gasteiger partial charge in [-0.2, -0.15) is 0 Å². The van der Waals surface area contributed by atoms with Crippen molar-refractivity contribution in [2.75, 3.05) is 13.2 Å². The molecular weight excluding hydrogens is 352 g/mol. The molecule has 140 valence electrons. The summed E-state index contributed by atoms with van der Waals surface area (Å²) in [5, 5.41) is 0.537. The number of carbonyl (C=O) groups excluding carboxylic acids is 1. The fourth-order valence-corrected chi connectivity index (χ4v) is 2.56. The predicted molar refractivity (Wildman–Crippen MR) is 103 cm³/mol. The number of benzene rings is 2. The molecule has 0 aliphatic carbocycles. The zero-order valence-electron chi connectivity index (χ0n) is 15.3. The molecule has 2 aromatic rings. The van der Waals surface area contributed by atoms with Crippen LogP contribution in [-0.2, 0) is 11.2 Å². The fourth-order valence-electron chi connectivity index (χ4n) is 2.38. The van der Waals surface area contributed by atoms with Gasteiger partial charge in [0.1, 0.15) is 5.75 Å². The zero-order chi connectivity index (χ0) is 18.8. The molecule has 0 saturated carbocycles. The van der Waals surface area contributed by atoms with Crippen LogP contribution in [0.15, 0.2) is 42.5 Å². The van der Waals surface area contributed by atoms with Crippen molar-refractivity contribution in [3.63, 3.8) is 0 Å². The minimum absolute atomic E-state index is 0.272. The molecule has 2 rings (SSSR count). The maximum atomic E-state index is 12.0. The number of unbranched alkanes of at least 4 members (excludes halogenated alkanes) is 1. The molecule has 5 heteroatoms. The average molecular weight is 377 g/mol. The smallest absolute Gasteiger partial charge is 0.311 e. The van der Waals surface area contributed by atoms with Crippen molar-refractivity contribution in [2.45, 2.75) is 39.5 Å². The second-order valence-electron chi connectivity index (χ2n) is 5.85. The third-order valence-electron chi connectivity index (χ3n) is 3.71. The van der Waals surface area contributed by atoms with E-state index < -0.39 is 0 Å². The van der Waals surface area contributed by atoms with Crippen molar-refractivity contribution >= 4 is 17.6 Å². The number of carbonyl (C=O) groups is 1. The van der Waals surface area contributed by atoms with E-state index in [2.05, 4.69) is 6.92 Å². The molecule has 0 saturated heterocycles. The normalized spacial score (nSPS) is 10.4. The molecule has 4 nitrogen and oxygen atoms in total. The van der Waals surface area contributed by atoms with E-state index in [1.54, 1.807) is 24.3 Å². The van der Waals surface area contributed by atoms with Gasteiger partial charge < -0.3 is 14.2 Å². The first-order chi connectivity index (χ1) is 12.6. The summed E-state index contributed by atoms with van der Waals surface area (Å²) in [5.74, 6) is 1.61. The Balaban J connectivity index is 1.93. The van der Waals surface area contributed by atoms with Gasteiger partial charge in [-0.1, -0.05) is 37.1 Å². The van der Waals surface area contributed by atoms with E-state index in [1.807, 2.05) is 25.1 Å². The largest absolute Gasteiger partial charge is 0.490 e. The number of rotatable bonds is 10. The van der Waals surface area contributed by atoms with Gasteiger partial charge in [0.25, 0.3) is 0 Å². The molecule has 0 aliphatic rings. The quantitative estimate of drug-likeness (QED) is 0.314. The molecule has 0 aliphatic heterocycles. The number of esters is 1. The molecule has 0 unspecified atom stereocenters. The van der Waals surface area contributed by atoms with Crippen molar-refractivity contribution < 1.29 is 19.0 Å². The van der Waals surface area contributed by atoms with Crippen LogP contribution in [-0.4, -0.2) is 19.2 Å². The third-order valence-corrected chi connectivity index (χ3v) is 3.94. The zero-order valence-corrected chi connectivity index (χ0v) is 16.1. The summed E-state index contributed by atoms with van der Waals surface area (Å²) in [6.45, 7) is 5.29. The van der Waals surface area contributed by atoms with Crippen LogP contribution in [0.4, 0.5) is 0 Å². The summed E-state index contributed by atoms with van der Waals surface area (Å²) >= 11 is 5.89. The van der Waals surface area contributed by atoms with Gasteiger partial charge >= 0.3 is 5.97 Å². The van der Waals surface area contributed by atoms with Crippen LogP contribution in [0.2, 0.25) is 5.02 Å². The Morgan fingerprint density at radius 2 is 1.88 bits per heavy atom. The van der Waals surface area contributed by atoms with E-state index in [4.69, 9.17) is 25.8 Å². The maximum absolute atomic E-state index is 12.0. The molecule has 0 N–H and O–H groups in total. The van der Waals surface area contributed by atoms with E-state index in [-0.39, 0.29) is 12.4 Å². The molecule has 0 atom stereocenters. The first-order valence-corrected chi connectivity index (χ1v) is 9.35. The summed E-state index contributed by atoms with van der Waals surface area (Å²) in [4.78, 5) is 12.0. The first-order valence-electron chi connectivity index (χ1n) is 8.97. The summed E-state index contributed by atoms with van der Waals surface area (Å²) in [5.41, 5.74) is 0.999. The Morgan fingerprint density at radius 1 is 1.04 bits per heavy atom. The van der Waals surface area contributed by atoms with E-state index in [9.17, 15) is 4.79 Å². The van der Waals surface area contributed by atoms with E-state index in [0.717, 1.165) is 24.2 Å². The lowest BCUT2D eigenvalue weighted by Crippen LogP contribution is -2.09. The Morgan fingerprint density at radius 3 is 2.62 bits per heavy atom. The van der Waals surface area contributed by atoms with Crippen LogP contribution in [0, 0.1) is 0 Å². The Hall–Kier alpha value is -2.20. The fraction of sp³-hybridized carbons (Fsp3) is 0.381. The standard InChI is InChI=1S/C21H25ClO4/c1-3-5-13-25-19-11-9-16(14-20(19)24-4-2)10-12-21(23)26-18-8-6-7-17(22)15-18/h6-9,11,14-15H,3-5,10,12-13H2,1-2H3. The summed E-state index contributed by atoms with van der Waals surface area (Å²) < 4.78 is 16.7. The summed E-state index contributed by atoms with van der Waals surface area (Å²) in [6, 6.07) is 12.6. The minimum atomic E-state index is -0.298. The lowest BCUT2D eigenvalue weighted by atomic mass is 10.1. The predicted octanol–water partition coefficient (Wildman–Crippen LogP) is 5.46. The van der Waals surface area contributed by atoms with Crippen LogP contribution in [0.5, 0.6) is 17.2 Å². The van der Waals surface area contributed by atoms with Gasteiger partial charge in [-0.05, 0) is 55.7 Å². The number of hydrogen-bond donors (Lipinski definition) is 0. The van der Waals surface area contributed by atoms with Crippen LogP contribution < -0.4 is 14.2 Å². The molecule has 2 aromatic carbocycles. The van der Waals surface area contributed by atoms with Crippen molar-refractivity contribution in [3.05, 3.63) is 53.1 Å². The lowest BCUT2D eigenvalue weighted by Gasteiger charge is -2.13. The van der Waals surface area contributed by atoms with E-state index >= 15 is 0 Å². The lowest BCUT2D eigenvalue weighted by molar-refractivity contribution is -0.134. The van der Waals surface area contributed by atoms with Crippen molar-refractivity contribution in [1.29, 1.82) is 0 Å². The highest BCUT2D eigenvalue weighted by atomic mass is 35.5. The number of hydrogen-bond acceptors (Lipinski definition) is 4. The molecule has 0 radical (unpaired) electrons. The molecule has 0 heterocycles. The van der Waals surface area contributed by atoms with Crippen LogP contribution in [0.3, 0.4) is 0 Å². The van der Waals surface area contributed by atoms with Crippen molar-refractivity contribution in [3.8, 4) is 17.2 Å². The maximum Gasteiger partial charge on any atom is 0.311 e. The van der Waals surface area contributed by atoms with Gasteiger partial charge in [-0.15, -0.1) is 0 Å². The Labute approximate surface area is 160 Å². The number of ether oxygens (including phenoxy) is 3. The highest BCUT2D eigenvalue weighted by molar-refractivity contribution is 6.30. The second kappa shape index (κ2) is 10.7.